The first kappa shape index (κ1) is 21.2. The van der Waals surface area contributed by atoms with Crippen molar-refractivity contribution in [3.05, 3.63) is 96.6 Å². The molecule has 0 saturated heterocycles. The van der Waals surface area contributed by atoms with E-state index in [-0.39, 0.29) is 6.79 Å². The van der Waals surface area contributed by atoms with Gasteiger partial charge in [0.15, 0.2) is 0 Å². The number of aryl methyl sites for hydroxylation is 1. The van der Waals surface area contributed by atoms with E-state index in [1.165, 1.54) is 0 Å². The van der Waals surface area contributed by atoms with E-state index in [0.717, 1.165) is 16.7 Å². The zero-order valence-corrected chi connectivity index (χ0v) is 19.3. The summed E-state index contributed by atoms with van der Waals surface area (Å²) in [7, 11) is -1.96. The van der Waals surface area contributed by atoms with E-state index in [1.807, 2.05) is 79.7 Å². The standard InChI is InChI=1S/C27H23O5P/c1-19-11-13-20(14-12-19)30-18-31-21-15-16-25(29-2)27(17-21)33(28)26-10-6-4-8-23(26)22-7-3-5-9-24(22)32-33/h3-17H,18H2,1-2H3. The number of ether oxygens (including phenoxy) is 3. The van der Waals surface area contributed by atoms with Crippen LogP contribution in [0.15, 0.2) is 91.0 Å². The molecule has 0 N–H and O–H groups in total. The lowest BCUT2D eigenvalue weighted by molar-refractivity contribution is 0.120. The van der Waals surface area contributed by atoms with Crippen LogP contribution in [-0.2, 0) is 4.57 Å². The van der Waals surface area contributed by atoms with Crippen LogP contribution in [0.5, 0.6) is 23.0 Å². The van der Waals surface area contributed by atoms with Crippen LogP contribution in [0.25, 0.3) is 11.1 Å². The maximum atomic E-state index is 14.5. The second-order valence-electron chi connectivity index (χ2n) is 7.71. The number of hydrogen-bond acceptors (Lipinski definition) is 5. The van der Waals surface area contributed by atoms with E-state index < -0.39 is 7.37 Å². The van der Waals surface area contributed by atoms with Crippen molar-refractivity contribution in [1.29, 1.82) is 0 Å². The molecule has 4 aromatic carbocycles. The smallest absolute Gasteiger partial charge is 0.311 e. The molecule has 5 rings (SSSR count). The average Bonchev–Trinajstić information content (AvgIpc) is 2.85. The molecule has 0 bridgehead atoms. The van der Waals surface area contributed by atoms with Gasteiger partial charge < -0.3 is 18.7 Å². The minimum atomic E-state index is -3.51. The summed E-state index contributed by atoms with van der Waals surface area (Å²) in [6.45, 7) is 2.03. The highest BCUT2D eigenvalue weighted by Crippen LogP contribution is 2.55. The van der Waals surface area contributed by atoms with E-state index in [0.29, 0.717) is 33.6 Å². The Hall–Kier alpha value is -3.69. The van der Waals surface area contributed by atoms with Crippen molar-refractivity contribution in [1.82, 2.24) is 0 Å². The van der Waals surface area contributed by atoms with E-state index in [1.54, 1.807) is 25.3 Å². The van der Waals surface area contributed by atoms with E-state index in [9.17, 15) is 4.57 Å². The maximum absolute atomic E-state index is 14.5. The normalized spacial score (nSPS) is 16.2. The maximum Gasteiger partial charge on any atom is 0.311 e. The fourth-order valence-electron chi connectivity index (χ4n) is 3.88. The highest BCUT2D eigenvalue weighted by atomic mass is 31.2. The van der Waals surface area contributed by atoms with Crippen LogP contribution >= 0.6 is 7.37 Å². The van der Waals surface area contributed by atoms with Crippen molar-refractivity contribution < 1.29 is 23.3 Å². The van der Waals surface area contributed by atoms with E-state index in [4.69, 9.17) is 18.7 Å². The molecule has 5 nitrogen and oxygen atoms in total. The minimum absolute atomic E-state index is 0.0133. The molecule has 1 aliphatic heterocycles. The van der Waals surface area contributed by atoms with Crippen molar-refractivity contribution >= 4 is 18.0 Å². The average molecular weight is 458 g/mol. The van der Waals surface area contributed by atoms with Crippen molar-refractivity contribution in [2.24, 2.45) is 0 Å². The van der Waals surface area contributed by atoms with Gasteiger partial charge in [0.2, 0.25) is 6.79 Å². The van der Waals surface area contributed by atoms with Gasteiger partial charge in [-0.1, -0.05) is 54.1 Å². The van der Waals surface area contributed by atoms with Crippen LogP contribution in [0.2, 0.25) is 0 Å². The predicted molar refractivity (Wildman–Crippen MR) is 130 cm³/mol. The van der Waals surface area contributed by atoms with Crippen molar-refractivity contribution in [3.63, 3.8) is 0 Å². The van der Waals surface area contributed by atoms with Crippen LogP contribution < -0.4 is 29.3 Å². The summed E-state index contributed by atoms with van der Waals surface area (Å²) in [5.74, 6) is 2.27. The third-order valence-electron chi connectivity index (χ3n) is 5.56. The predicted octanol–water partition coefficient (Wildman–Crippen LogP) is 5.71. The van der Waals surface area contributed by atoms with Gasteiger partial charge in [-0.05, 0) is 55.0 Å². The van der Waals surface area contributed by atoms with Gasteiger partial charge in [0, 0.05) is 5.56 Å². The second-order valence-corrected chi connectivity index (χ2v) is 9.96. The number of methoxy groups -OCH3 is 1. The Morgan fingerprint density at radius 3 is 2.21 bits per heavy atom. The van der Waals surface area contributed by atoms with Crippen LogP contribution in [0.4, 0.5) is 0 Å². The number of rotatable bonds is 6. The van der Waals surface area contributed by atoms with Crippen LogP contribution in [0, 0.1) is 6.92 Å². The largest absolute Gasteiger partial charge is 0.496 e. The van der Waals surface area contributed by atoms with Crippen molar-refractivity contribution in [2.45, 2.75) is 6.92 Å². The fourth-order valence-corrected chi connectivity index (χ4v) is 6.32. The summed E-state index contributed by atoms with van der Waals surface area (Å²) in [6, 6.07) is 28.2. The summed E-state index contributed by atoms with van der Waals surface area (Å²) < 4.78 is 37.8. The van der Waals surface area contributed by atoms with E-state index >= 15 is 0 Å². The van der Waals surface area contributed by atoms with Gasteiger partial charge in [0.25, 0.3) is 0 Å². The first-order valence-electron chi connectivity index (χ1n) is 10.6. The van der Waals surface area contributed by atoms with Gasteiger partial charge in [-0.25, -0.2) is 0 Å². The molecular formula is C27H23O5P. The summed E-state index contributed by atoms with van der Waals surface area (Å²) >= 11 is 0. The lowest BCUT2D eigenvalue weighted by Gasteiger charge is -2.29. The summed E-state index contributed by atoms with van der Waals surface area (Å²) in [5, 5.41) is 1.08. The Kier molecular flexibility index (Phi) is 5.57. The Balaban J connectivity index is 1.49. The molecule has 4 aromatic rings. The Bertz CT molecular complexity index is 1350. The molecule has 1 aliphatic rings. The third kappa shape index (κ3) is 3.96. The van der Waals surface area contributed by atoms with Crippen LogP contribution in [0.1, 0.15) is 5.56 Å². The first-order chi connectivity index (χ1) is 16.1. The number of fused-ring (bicyclic) bond motifs is 3. The Morgan fingerprint density at radius 1 is 0.758 bits per heavy atom. The molecule has 0 aromatic heterocycles. The molecule has 166 valence electrons. The summed E-state index contributed by atoms with van der Waals surface area (Å²) in [5.41, 5.74) is 2.96. The molecule has 1 unspecified atom stereocenters. The molecule has 6 heteroatoms. The Labute approximate surface area is 193 Å². The highest BCUT2D eigenvalue weighted by molar-refractivity contribution is 7.75. The quantitative estimate of drug-likeness (QED) is 0.274. The molecule has 33 heavy (non-hydrogen) atoms. The minimum Gasteiger partial charge on any atom is -0.496 e. The lowest BCUT2D eigenvalue weighted by atomic mass is 10.0. The number of benzene rings is 4. The highest BCUT2D eigenvalue weighted by Gasteiger charge is 2.40. The van der Waals surface area contributed by atoms with Crippen LogP contribution in [-0.4, -0.2) is 13.9 Å². The molecule has 0 fully saturated rings. The van der Waals surface area contributed by atoms with Gasteiger partial charge in [0.05, 0.1) is 17.7 Å². The summed E-state index contributed by atoms with van der Waals surface area (Å²) in [6.07, 6.45) is 0. The zero-order valence-electron chi connectivity index (χ0n) is 18.4. The molecule has 0 amide bonds. The SMILES string of the molecule is COc1ccc(OCOc2ccc(C)cc2)cc1P1(=O)Oc2ccccc2-c2ccccc21. The summed E-state index contributed by atoms with van der Waals surface area (Å²) in [4.78, 5) is 0. The molecular weight excluding hydrogens is 435 g/mol. The third-order valence-corrected chi connectivity index (χ3v) is 8.03. The number of para-hydroxylation sites is 1. The lowest BCUT2D eigenvalue weighted by Crippen LogP contribution is -2.26. The van der Waals surface area contributed by atoms with Crippen LogP contribution in [0.3, 0.4) is 0 Å². The number of hydrogen-bond donors (Lipinski definition) is 0. The van der Waals surface area contributed by atoms with Gasteiger partial charge in [-0.15, -0.1) is 0 Å². The topological polar surface area (TPSA) is 54.0 Å². The van der Waals surface area contributed by atoms with Crippen molar-refractivity contribution in [3.8, 4) is 34.1 Å². The monoisotopic (exact) mass is 458 g/mol. The van der Waals surface area contributed by atoms with Gasteiger partial charge in [0.1, 0.15) is 23.0 Å². The molecule has 0 radical (unpaired) electrons. The molecule has 0 saturated carbocycles. The Morgan fingerprint density at radius 2 is 1.42 bits per heavy atom. The van der Waals surface area contributed by atoms with Gasteiger partial charge in [-0.2, -0.15) is 0 Å². The van der Waals surface area contributed by atoms with Crippen molar-refractivity contribution in [2.75, 3.05) is 13.9 Å². The molecule has 0 aliphatic carbocycles. The second kappa shape index (κ2) is 8.68. The first-order valence-corrected chi connectivity index (χ1v) is 12.2. The zero-order chi connectivity index (χ0) is 22.8. The van der Waals surface area contributed by atoms with Gasteiger partial charge >= 0.3 is 7.37 Å². The molecule has 0 spiro atoms. The fraction of sp³-hybridized carbons (Fsp3) is 0.111. The molecule has 1 atom stereocenters. The van der Waals surface area contributed by atoms with E-state index in [2.05, 4.69) is 0 Å². The molecule has 1 heterocycles. The van der Waals surface area contributed by atoms with Gasteiger partial charge in [-0.3, -0.25) is 4.57 Å².